The van der Waals surface area contributed by atoms with Gasteiger partial charge in [-0.2, -0.15) is 0 Å². The van der Waals surface area contributed by atoms with Crippen LogP contribution in [0.1, 0.15) is 23.1 Å². The number of hydrogen-bond donors (Lipinski definition) is 2. The molecule has 0 bridgehead atoms. The van der Waals surface area contributed by atoms with Crippen LogP contribution in [0.4, 0.5) is 0 Å². The number of aryl methyl sites for hydroxylation is 1. The van der Waals surface area contributed by atoms with Gasteiger partial charge in [-0.25, -0.2) is 0 Å². The molecular weight excluding hydrogens is 261 g/mol. The van der Waals surface area contributed by atoms with Crippen molar-refractivity contribution in [3.63, 3.8) is 0 Å². The summed E-state index contributed by atoms with van der Waals surface area (Å²) in [4.78, 5) is 2.43. The molecule has 1 aliphatic heterocycles. The number of hydrogen-bond acceptors (Lipinski definition) is 3. The Kier molecular flexibility index (Phi) is 4.39. The molecule has 4 heteroatoms. The van der Waals surface area contributed by atoms with Crippen molar-refractivity contribution in [1.29, 1.82) is 0 Å². The van der Waals surface area contributed by atoms with Crippen molar-refractivity contribution < 1.29 is 10.0 Å². The van der Waals surface area contributed by atoms with Crippen LogP contribution in [-0.2, 0) is 19.5 Å². The molecule has 3 nitrogen and oxygen atoms in total. The lowest BCUT2D eigenvalue weighted by Gasteiger charge is -2.21. The lowest BCUT2D eigenvalue weighted by Crippen LogP contribution is -2.30. The van der Waals surface area contributed by atoms with E-state index in [0.29, 0.717) is 5.46 Å². The van der Waals surface area contributed by atoms with Gasteiger partial charge in [0.05, 0.1) is 0 Å². The number of rotatable bonds is 3. The molecule has 1 heterocycles. The van der Waals surface area contributed by atoms with Crippen molar-refractivity contribution in [1.82, 2.24) is 4.90 Å². The lowest BCUT2D eigenvalue weighted by atomic mass is 9.79. The summed E-state index contributed by atoms with van der Waals surface area (Å²) in [6, 6.07) is 16.2. The van der Waals surface area contributed by atoms with E-state index in [9.17, 15) is 10.0 Å². The first-order valence-corrected chi connectivity index (χ1v) is 7.46. The zero-order valence-corrected chi connectivity index (χ0v) is 12.1. The Morgan fingerprint density at radius 2 is 1.81 bits per heavy atom. The van der Waals surface area contributed by atoms with Crippen molar-refractivity contribution in [2.75, 3.05) is 6.54 Å². The fourth-order valence-electron chi connectivity index (χ4n) is 3.01. The molecule has 0 fully saturated rings. The number of fused-ring (bicyclic) bond motifs is 1. The lowest BCUT2D eigenvalue weighted by molar-refractivity contribution is 0.261. The summed E-state index contributed by atoms with van der Waals surface area (Å²) in [6.07, 6.45) is 2.31. The second kappa shape index (κ2) is 6.44. The predicted octanol–water partition coefficient (Wildman–Crippen LogP) is 1.31. The third-order valence-electron chi connectivity index (χ3n) is 4.09. The molecule has 0 aromatic heterocycles. The first kappa shape index (κ1) is 14.3. The van der Waals surface area contributed by atoms with Crippen LogP contribution in [-0.4, -0.2) is 28.6 Å². The molecule has 0 unspecified atom stereocenters. The van der Waals surface area contributed by atoms with Crippen LogP contribution >= 0.6 is 0 Å². The Balaban J connectivity index is 1.75. The Bertz CT molecular complexity index is 615. The zero-order chi connectivity index (χ0) is 14.7. The van der Waals surface area contributed by atoms with Gasteiger partial charge in [-0.15, -0.1) is 0 Å². The van der Waals surface area contributed by atoms with Gasteiger partial charge in [-0.1, -0.05) is 48.5 Å². The van der Waals surface area contributed by atoms with Crippen LogP contribution in [0, 0.1) is 0 Å². The molecule has 0 atom stereocenters. The van der Waals surface area contributed by atoms with Gasteiger partial charge >= 0.3 is 7.12 Å². The normalized spacial score (nSPS) is 15.3. The molecule has 2 aromatic carbocycles. The maximum atomic E-state index is 9.27. The zero-order valence-electron chi connectivity index (χ0n) is 12.1. The van der Waals surface area contributed by atoms with E-state index in [1.54, 1.807) is 6.07 Å². The molecular formula is C17H20BNO2. The van der Waals surface area contributed by atoms with Gasteiger partial charge in [0.25, 0.3) is 0 Å². The molecule has 1 aliphatic rings. The van der Waals surface area contributed by atoms with E-state index in [1.807, 2.05) is 18.2 Å². The Morgan fingerprint density at radius 3 is 2.62 bits per heavy atom. The van der Waals surface area contributed by atoms with Crippen molar-refractivity contribution in [3.8, 4) is 0 Å². The Hall–Kier alpha value is -1.62. The summed E-state index contributed by atoms with van der Waals surface area (Å²) in [5, 5.41) is 18.5. The van der Waals surface area contributed by atoms with Gasteiger partial charge in [0.2, 0.25) is 0 Å². The Labute approximate surface area is 126 Å². The van der Waals surface area contributed by atoms with E-state index in [4.69, 9.17) is 0 Å². The highest BCUT2D eigenvalue weighted by Gasteiger charge is 2.15. The second-order valence-electron chi connectivity index (χ2n) is 5.70. The highest BCUT2D eigenvalue weighted by molar-refractivity contribution is 6.58. The highest BCUT2D eigenvalue weighted by atomic mass is 16.4. The van der Waals surface area contributed by atoms with Crippen LogP contribution in [0.3, 0.4) is 0 Å². The largest absolute Gasteiger partial charge is 0.488 e. The van der Waals surface area contributed by atoms with E-state index < -0.39 is 7.12 Å². The minimum Gasteiger partial charge on any atom is -0.423 e. The number of benzene rings is 2. The van der Waals surface area contributed by atoms with E-state index in [0.717, 1.165) is 31.6 Å². The van der Waals surface area contributed by atoms with Gasteiger partial charge in [-0.3, -0.25) is 4.90 Å². The monoisotopic (exact) mass is 281 g/mol. The summed E-state index contributed by atoms with van der Waals surface area (Å²) in [5.74, 6) is 0. The average molecular weight is 281 g/mol. The maximum Gasteiger partial charge on any atom is 0.488 e. The summed E-state index contributed by atoms with van der Waals surface area (Å²) >= 11 is 0. The summed E-state index contributed by atoms with van der Waals surface area (Å²) in [5.41, 5.74) is 4.55. The molecule has 0 aliphatic carbocycles. The molecule has 0 saturated carbocycles. The Morgan fingerprint density at radius 1 is 1.00 bits per heavy atom. The third kappa shape index (κ3) is 3.53. The van der Waals surface area contributed by atoms with Crippen molar-refractivity contribution in [2.45, 2.75) is 25.9 Å². The molecule has 3 rings (SSSR count). The van der Waals surface area contributed by atoms with E-state index in [1.165, 1.54) is 17.5 Å². The average Bonchev–Trinajstić information content (AvgIpc) is 2.69. The third-order valence-corrected chi connectivity index (χ3v) is 4.09. The summed E-state index contributed by atoms with van der Waals surface area (Å²) in [6.45, 7) is 2.87. The highest BCUT2D eigenvalue weighted by Crippen LogP contribution is 2.19. The smallest absolute Gasteiger partial charge is 0.423 e. The summed E-state index contributed by atoms with van der Waals surface area (Å²) < 4.78 is 0. The molecule has 2 aromatic rings. The topological polar surface area (TPSA) is 43.7 Å². The van der Waals surface area contributed by atoms with Gasteiger partial charge in [0, 0.05) is 13.1 Å². The minimum absolute atomic E-state index is 0.558. The predicted molar refractivity (Wildman–Crippen MR) is 85.1 cm³/mol. The van der Waals surface area contributed by atoms with Crippen LogP contribution in [0.2, 0.25) is 0 Å². The molecule has 2 N–H and O–H groups in total. The van der Waals surface area contributed by atoms with E-state index in [2.05, 4.69) is 29.2 Å². The quantitative estimate of drug-likeness (QED) is 0.834. The second-order valence-corrected chi connectivity index (χ2v) is 5.70. The van der Waals surface area contributed by atoms with Crippen LogP contribution in [0.15, 0.2) is 48.5 Å². The molecule has 108 valence electrons. The molecule has 0 saturated heterocycles. The van der Waals surface area contributed by atoms with Gasteiger partial charge in [0.15, 0.2) is 0 Å². The van der Waals surface area contributed by atoms with Crippen molar-refractivity contribution in [3.05, 3.63) is 65.2 Å². The maximum absolute atomic E-state index is 9.27. The van der Waals surface area contributed by atoms with Crippen molar-refractivity contribution >= 4 is 12.6 Å². The van der Waals surface area contributed by atoms with Crippen LogP contribution < -0.4 is 5.46 Å². The van der Waals surface area contributed by atoms with Crippen molar-refractivity contribution in [2.24, 2.45) is 0 Å². The summed E-state index contributed by atoms with van der Waals surface area (Å²) in [7, 11) is -1.39. The molecule has 0 spiro atoms. The molecule has 0 radical (unpaired) electrons. The fourth-order valence-corrected chi connectivity index (χ4v) is 3.01. The van der Waals surface area contributed by atoms with Gasteiger partial charge in [-0.05, 0) is 41.5 Å². The van der Waals surface area contributed by atoms with E-state index in [-0.39, 0.29) is 0 Å². The fraction of sp³-hybridized carbons (Fsp3) is 0.294. The van der Waals surface area contributed by atoms with E-state index >= 15 is 0 Å². The minimum atomic E-state index is -1.39. The SMILES string of the molecule is OB(O)c1cccc(CN2CCCc3ccccc3C2)c1. The van der Waals surface area contributed by atoms with Gasteiger partial charge in [0.1, 0.15) is 0 Å². The molecule has 21 heavy (non-hydrogen) atoms. The van der Waals surface area contributed by atoms with Crippen LogP contribution in [0.5, 0.6) is 0 Å². The van der Waals surface area contributed by atoms with Crippen LogP contribution in [0.25, 0.3) is 0 Å². The molecule has 0 amide bonds. The standard InChI is InChI=1S/C17H20BNO2/c20-18(21)17-9-3-5-14(11-17)12-19-10-4-8-15-6-1-2-7-16(15)13-19/h1-3,5-7,9,11,20-21H,4,8,10,12-13H2. The first-order valence-electron chi connectivity index (χ1n) is 7.46. The first-order chi connectivity index (χ1) is 10.2. The van der Waals surface area contributed by atoms with Gasteiger partial charge < -0.3 is 10.0 Å². The number of nitrogens with zero attached hydrogens (tertiary/aromatic N) is 1.